The molecule has 7 atom stereocenters. The number of methoxy groups -OCH3 is 1. The Bertz CT molecular complexity index is 1150. The molecule has 1 saturated heterocycles. The van der Waals surface area contributed by atoms with Gasteiger partial charge in [0, 0.05) is 48.2 Å². The number of ether oxygens (including phenoxy) is 1. The molecule has 5 aliphatic carbocycles. The molecule has 4 bridgehead atoms. The van der Waals surface area contributed by atoms with Crippen LogP contribution in [0.3, 0.4) is 0 Å². The number of primary amides is 1. The van der Waals surface area contributed by atoms with Crippen molar-refractivity contribution in [2.75, 3.05) is 27.2 Å². The topological polar surface area (TPSA) is 92.8 Å². The highest BCUT2D eigenvalue weighted by Gasteiger charge is 2.78. The van der Waals surface area contributed by atoms with E-state index in [1.54, 1.807) is 6.07 Å². The van der Waals surface area contributed by atoms with Crippen LogP contribution in [0.2, 0.25) is 0 Å². The quantitative estimate of drug-likeness (QED) is 0.515. The number of aliphatic hydroxyl groups is 1. The van der Waals surface area contributed by atoms with Crippen molar-refractivity contribution >= 4 is 5.91 Å². The van der Waals surface area contributed by atoms with Crippen LogP contribution in [0.1, 0.15) is 94.1 Å². The fourth-order valence-electron chi connectivity index (χ4n) is 10.0. The standard InChI is InChI=1S/C31H46N2O4/c1-27(2,3)28(4,36)22-16-29-11-12-31(22,37-6)18-30(29)13-14-33(5,17-19-7-8-19)23(29)15-20-9-10-21(26(32)35)25(34)24(20)30/h9-10,19,22-23,36H,7-8,11-18H2,1-6H3,(H2-,32,34,35)/p+1/t22?,23?,28?,29?,30?,31?,33-/m0/s1. The van der Waals surface area contributed by atoms with Gasteiger partial charge >= 0.3 is 0 Å². The molecule has 6 nitrogen and oxygen atoms in total. The highest BCUT2D eigenvalue weighted by Crippen LogP contribution is 2.75. The van der Waals surface area contributed by atoms with E-state index in [9.17, 15) is 15.0 Å². The number of nitrogens with two attached hydrogens (primary N) is 1. The van der Waals surface area contributed by atoms with Crippen molar-refractivity contribution in [2.24, 2.45) is 28.4 Å². The summed E-state index contributed by atoms with van der Waals surface area (Å²) >= 11 is 0. The third-order valence-electron chi connectivity index (χ3n) is 12.6. The number of amides is 1. The average molecular weight is 512 g/mol. The molecule has 1 aromatic rings. The molecule has 1 spiro atoms. The van der Waals surface area contributed by atoms with Crippen LogP contribution in [0, 0.1) is 22.7 Å². The number of carbonyl (C=O) groups is 1. The van der Waals surface area contributed by atoms with Crippen LogP contribution in [-0.2, 0) is 16.6 Å². The third-order valence-corrected chi connectivity index (χ3v) is 12.6. The maximum absolute atomic E-state index is 12.3. The molecule has 7 rings (SSSR count). The molecule has 1 amide bonds. The molecule has 0 aromatic heterocycles. The van der Waals surface area contributed by atoms with Crippen molar-refractivity contribution in [1.29, 1.82) is 0 Å². The molecule has 1 aliphatic heterocycles. The van der Waals surface area contributed by atoms with Crippen LogP contribution in [0.25, 0.3) is 0 Å². The van der Waals surface area contributed by atoms with Crippen molar-refractivity contribution in [2.45, 2.75) is 102 Å². The number of likely N-dealkylation sites (N-methyl/N-ethyl adjacent to an activating group) is 1. The smallest absolute Gasteiger partial charge is 0.252 e. The second kappa shape index (κ2) is 7.51. The SMILES string of the molecule is COC12CCC3(CC1C(C)(O)C(C)(C)C)C1Cc4ccc(C(N)=O)c(O)c4C3(CC[N@@+]1(C)CC1CC1)C2. The number of piperidine rings is 1. The lowest BCUT2D eigenvalue weighted by molar-refractivity contribution is -0.952. The van der Waals surface area contributed by atoms with E-state index >= 15 is 0 Å². The zero-order chi connectivity index (χ0) is 26.8. The maximum atomic E-state index is 12.3. The maximum Gasteiger partial charge on any atom is 0.252 e. The number of quaternary nitrogens is 1. The number of carbonyl (C=O) groups excluding carboxylic acids is 1. The highest BCUT2D eigenvalue weighted by molar-refractivity contribution is 5.96. The van der Waals surface area contributed by atoms with Crippen LogP contribution >= 0.6 is 0 Å². The third kappa shape index (κ3) is 3.12. The van der Waals surface area contributed by atoms with Gasteiger partial charge in [0.25, 0.3) is 5.91 Å². The van der Waals surface area contributed by atoms with Gasteiger partial charge in [0.2, 0.25) is 0 Å². The van der Waals surface area contributed by atoms with Gasteiger partial charge in [-0.25, -0.2) is 0 Å². The molecule has 5 fully saturated rings. The van der Waals surface area contributed by atoms with Gasteiger partial charge in [-0.05, 0) is 62.5 Å². The summed E-state index contributed by atoms with van der Waals surface area (Å²) < 4.78 is 7.59. The van der Waals surface area contributed by atoms with E-state index in [1.807, 2.05) is 14.0 Å². The Hall–Kier alpha value is -1.63. The number of nitrogens with zero attached hydrogens (tertiary/aromatic N) is 1. The van der Waals surface area contributed by atoms with Crippen LogP contribution in [0.4, 0.5) is 0 Å². The summed E-state index contributed by atoms with van der Waals surface area (Å²) in [5.74, 6) is 0.331. The predicted octanol–water partition coefficient (Wildman–Crippen LogP) is 4.29. The monoisotopic (exact) mass is 511 g/mol. The van der Waals surface area contributed by atoms with E-state index < -0.39 is 17.1 Å². The molecule has 4 saturated carbocycles. The molecule has 4 N–H and O–H groups in total. The van der Waals surface area contributed by atoms with E-state index in [-0.39, 0.29) is 33.5 Å². The predicted molar refractivity (Wildman–Crippen MR) is 143 cm³/mol. The van der Waals surface area contributed by atoms with E-state index in [1.165, 1.54) is 24.9 Å². The van der Waals surface area contributed by atoms with Gasteiger partial charge in [-0.15, -0.1) is 0 Å². The van der Waals surface area contributed by atoms with Gasteiger partial charge in [-0.3, -0.25) is 4.79 Å². The first-order chi connectivity index (χ1) is 17.2. The fraction of sp³-hybridized carbons (Fsp3) is 0.774. The van der Waals surface area contributed by atoms with Crippen LogP contribution in [-0.4, -0.2) is 65.1 Å². The Morgan fingerprint density at radius 2 is 1.89 bits per heavy atom. The minimum atomic E-state index is -0.913. The zero-order valence-electron chi connectivity index (χ0n) is 23.7. The average Bonchev–Trinajstić information content (AvgIpc) is 3.63. The van der Waals surface area contributed by atoms with Gasteiger partial charge in [-0.1, -0.05) is 26.8 Å². The second-order valence-corrected chi connectivity index (χ2v) is 15.0. The molecule has 0 radical (unpaired) electrons. The van der Waals surface area contributed by atoms with Gasteiger partial charge < -0.3 is 25.2 Å². The van der Waals surface area contributed by atoms with Crippen LogP contribution in [0.5, 0.6) is 5.75 Å². The molecule has 6 unspecified atom stereocenters. The molecule has 6 aliphatic rings. The minimum Gasteiger partial charge on any atom is -0.507 e. The summed E-state index contributed by atoms with van der Waals surface area (Å²) in [7, 11) is 4.30. The number of rotatable bonds is 5. The van der Waals surface area contributed by atoms with Crippen molar-refractivity contribution in [3.63, 3.8) is 0 Å². The summed E-state index contributed by atoms with van der Waals surface area (Å²) in [5.41, 5.74) is 6.05. The van der Waals surface area contributed by atoms with Gasteiger partial charge in [0.1, 0.15) is 5.75 Å². The normalized spacial score (nSPS) is 42.0. The lowest BCUT2D eigenvalue weighted by Gasteiger charge is -2.75. The summed E-state index contributed by atoms with van der Waals surface area (Å²) in [6.07, 6.45) is 8.15. The molecular weight excluding hydrogens is 464 g/mol. The summed E-state index contributed by atoms with van der Waals surface area (Å²) in [6.45, 7) is 10.7. The number of hydrogen-bond acceptors (Lipinski definition) is 4. The van der Waals surface area contributed by atoms with Gasteiger partial charge in [0.15, 0.2) is 0 Å². The number of phenols is 1. The largest absolute Gasteiger partial charge is 0.507 e. The van der Waals surface area contributed by atoms with Gasteiger partial charge in [-0.2, -0.15) is 0 Å². The molecule has 204 valence electrons. The first kappa shape index (κ1) is 25.6. The number of fused-ring (bicyclic) bond motifs is 3. The number of likely N-dealkylation sites (tertiary alicyclic amines) is 1. The first-order valence-corrected chi connectivity index (χ1v) is 14.4. The fourth-order valence-corrected chi connectivity index (χ4v) is 10.0. The lowest BCUT2D eigenvalue weighted by atomic mass is 9.33. The molecule has 6 heteroatoms. The molecular formula is C31H47N2O4+. The second-order valence-electron chi connectivity index (χ2n) is 15.0. The Kier molecular flexibility index (Phi) is 5.21. The van der Waals surface area contributed by atoms with Crippen molar-refractivity contribution in [1.82, 2.24) is 0 Å². The minimum absolute atomic E-state index is 0.00938. The zero-order valence-corrected chi connectivity index (χ0v) is 23.7. The Morgan fingerprint density at radius 1 is 1.19 bits per heavy atom. The van der Waals surface area contributed by atoms with Gasteiger partial charge in [0.05, 0.1) is 42.9 Å². The Morgan fingerprint density at radius 3 is 2.49 bits per heavy atom. The molecule has 1 aromatic carbocycles. The number of benzene rings is 1. The number of aromatic hydroxyl groups is 1. The first-order valence-electron chi connectivity index (χ1n) is 14.4. The van der Waals surface area contributed by atoms with Crippen LogP contribution in [0.15, 0.2) is 12.1 Å². The van der Waals surface area contributed by atoms with E-state index in [4.69, 9.17) is 10.5 Å². The Labute approximate surface area is 222 Å². The molecule has 37 heavy (non-hydrogen) atoms. The van der Waals surface area contributed by atoms with Crippen LogP contribution < -0.4 is 5.73 Å². The lowest BCUT2D eigenvalue weighted by Crippen LogP contribution is -2.81. The van der Waals surface area contributed by atoms with E-state index in [2.05, 4.69) is 33.9 Å². The Balaban J connectivity index is 1.60. The summed E-state index contributed by atoms with van der Waals surface area (Å²) in [4.78, 5) is 12.3. The van der Waals surface area contributed by atoms with E-state index in [0.29, 0.717) is 6.04 Å². The summed E-state index contributed by atoms with van der Waals surface area (Å²) in [5, 5.41) is 23.9. The van der Waals surface area contributed by atoms with E-state index in [0.717, 1.165) is 61.0 Å². The van der Waals surface area contributed by atoms with Crippen molar-refractivity contribution < 1.29 is 24.2 Å². The van der Waals surface area contributed by atoms with Crippen molar-refractivity contribution in [3.05, 3.63) is 28.8 Å². The number of hydrogen-bond donors (Lipinski definition) is 3. The van der Waals surface area contributed by atoms with Crippen molar-refractivity contribution in [3.8, 4) is 5.75 Å². The molecule has 1 heterocycles. The summed E-state index contributed by atoms with van der Waals surface area (Å²) in [6, 6.07) is 4.21. The highest BCUT2D eigenvalue weighted by atomic mass is 16.5.